The summed E-state index contributed by atoms with van der Waals surface area (Å²) in [5.74, 6) is -0.199. The van der Waals surface area contributed by atoms with Gasteiger partial charge in [-0.25, -0.2) is 8.42 Å². The molecular weight excluding hydrogens is 364 g/mol. The Morgan fingerprint density at radius 3 is 2.52 bits per heavy atom. The lowest BCUT2D eigenvalue weighted by atomic mass is 10.1. The minimum absolute atomic E-state index is 0.0327. The Kier molecular flexibility index (Phi) is 7.44. The fourth-order valence-corrected chi connectivity index (χ4v) is 3.25. The van der Waals surface area contributed by atoms with E-state index < -0.39 is 9.84 Å². The first-order valence-corrected chi connectivity index (χ1v) is 10.7. The summed E-state index contributed by atoms with van der Waals surface area (Å²) in [7, 11) is -3.26. The molecule has 0 saturated heterocycles. The third kappa shape index (κ3) is 5.58. The summed E-state index contributed by atoms with van der Waals surface area (Å²) in [5.41, 5.74) is 3.10. The predicted molar refractivity (Wildman–Crippen MR) is 104 cm³/mol. The molecule has 1 aliphatic rings. The standard InChI is InChI=1S/C16H18N4O3S.C3H8/c1-2-24(22,23)14-4-3-13(18-9-14)8-20-16(21)12-5-11-6-17-10-15(11)19-7-12;1-3-2/h3-5,7,9,17H,2,6,8,10H2,1H3,(H,20,21);3H2,1-2H3. The van der Waals surface area contributed by atoms with E-state index in [0.29, 0.717) is 11.3 Å². The maximum absolute atomic E-state index is 12.2. The van der Waals surface area contributed by atoms with Gasteiger partial charge in [-0.2, -0.15) is 0 Å². The van der Waals surface area contributed by atoms with Crippen LogP contribution in [0.3, 0.4) is 0 Å². The Hall–Kier alpha value is -2.32. The first kappa shape index (κ1) is 21.0. The van der Waals surface area contributed by atoms with E-state index in [9.17, 15) is 13.2 Å². The van der Waals surface area contributed by atoms with Gasteiger partial charge in [-0.15, -0.1) is 0 Å². The van der Waals surface area contributed by atoms with E-state index in [1.54, 1.807) is 19.2 Å². The van der Waals surface area contributed by atoms with Crippen molar-refractivity contribution in [1.82, 2.24) is 20.6 Å². The van der Waals surface area contributed by atoms with E-state index in [1.165, 1.54) is 18.7 Å². The Labute approximate surface area is 160 Å². The molecule has 0 bridgehead atoms. The van der Waals surface area contributed by atoms with E-state index in [4.69, 9.17) is 0 Å². The van der Waals surface area contributed by atoms with E-state index in [0.717, 1.165) is 24.3 Å². The fraction of sp³-hybridized carbons (Fsp3) is 0.421. The van der Waals surface area contributed by atoms with Crippen molar-refractivity contribution < 1.29 is 13.2 Å². The molecule has 0 radical (unpaired) electrons. The molecule has 2 aromatic rings. The van der Waals surface area contributed by atoms with Crippen molar-refractivity contribution >= 4 is 15.7 Å². The second kappa shape index (κ2) is 9.57. The molecular formula is C19H26N4O3S. The molecule has 7 nitrogen and oxygen atoms in total. The number of amides is 1. The summed E-state index contributed by atoms with van der Waals surface area (Å²) in [6.45, 7) is 7.51. The van der Waals surface area contributed by atoms with Crippen LogP contribution in [-0.2, 0) is 29.5 Å². The van der Waals surface area contributed by atoms with E-state index in [1.807, 2.05) is 6.07 Å². The molecule has 0 aromatic carbocycles. The summed E-state index contributed by atoms with van der Waals surface area (Å²) in [4.78, 5) is 20.8. The minimum Gasteiger partial charge on any atom is -0.346 e. The Morgan fingerprint density at radius 2 is 1.89 bits per heavy atom. The molecule has 0 unspecified atom stereocenters. The molecule has 0 aliphatic carbocycles. The van der Waals surface area contributed by atoms with Crippen molar-refractivity contribution in [2.75, 3.05) is 5.75 Å². The normalized spacial score (nSPS) is 12.7. The molecule has 146 valence electrons. The average molecular weight is 391 g/mol. The van der Waals surface area contributed by atoms with E-state index in [2.05, 4.69) is 34.4 Å². The van der Waals surface area contributed by atoms with Crippen LogP contribution in [0.2, 0.25) is 0 Å². The van der Waals surface area contributed by atoms with Crippen molar-refractivity contribution in [3.8, 4) is 0 Å². The third-order valence-corrected chi connectivity index (χ3v) is 5.62. The SMILES string of the molecule is CCC.CCS(=O)(=O)c1ccc(CNC(=O)c2cnc3c(c2)CNC3)nc1. The number of nitrogens with zero attached hydrogens (tertiary/aromatic N) is 2. The number of rotatable bonds is 5. The van der Waals surface area contributed by atoms with Crippen LogP contribution in [0.1, 0.15) is 54.5 Å². The smallest absolute Gasteiger partial charge is 0.253 e. The summed E-state index contributed by atoms with van der Waals surface area (Å²) in [5, 5.41) is 5.95. The molecule has 0 saturated carbocycles. The fourth-order valence-electron chi connectivity index (χ4n) is 2.43. The van der Waals surface area contributed by atoms with Crippen LogP contribution in [-0.4, -0.2) is 30.0 Å². The van der Waals surface area contributed by atoms with Gasteiger partial charge in [-0.05, 0) is 23.8 Å². The topological polar surface area (TPSA) is 101 Å². The Bertz CT molecular complexity index is 880. The monoisotopic (exact) mass is 390 g/mol. The first-order chi connectivity index (χ1) is 12.9. The van der Waals surface area contributed by atoms with Gasteiger partial charge in [0.1, 0.15) is 0 Å². The molecule has 27 heavy (non-hydrogen) atoms. The zero-order valence-corrected chi connectivity index (χ0v) is 16.8. The molecule has 1 amide bonds. The van der Waals surface area contributed by atoms with Crippen molar-refractivity contribution in [2.24, 2.45) is 0 Å². The quantitative estimate of drug-likeness (QED) is 0.812. The van der Waals surface area contributed by atoms with Crippen LogP contribution in [0, 0.1) is 0 Å². The number of pyridine rings is 2. The van der Waals surface area contributed by atoms with Gasteiger partial charge >= 0.3 is 0 Å². The van der Waals surface area contributed by atoms with Gasteiger partial charge < -0.3 is 10.6 Å². The maximum Gasteiger partial charge on any atom is 0.253 e. The highest BCUT2D eigenvalue weighted by Crippen LogP contribution is 2.14. The highest BCUT2D eigenvalue weighted by molar-refractivity contribution is 7.91. The van der Waals surface area contributed by atoms with Gasteiger partial charge in [-0.3, -0.25) is 14.8 Å². The van der Waals surface area contributed by atoms with Gasteiger partial charge in [0.25, 0.3) is 5.91 Å². The number of carbonyl (C=O) groups is 1. The van der Waals surface area contributed by atoms with Crippen molar-refractivity contribution in [2.45, 2.75) is 51.7 Å². The van der Waals surface area contributed by atoms with Crippen molar-refractivity contribution in [1.29, 1.82) is 0 Å². The third-order valence-electron chi connectivity index (χ3n) is 3.90. The van der Waals surface area contributed by atoms with Crippen LogP contribution in [0.4, 0.5) is 0 Å². The lowest BCUT2D eigenvalue weighted by Crippen LogP contribution is -2.23. The van der Waals surface area contributed by atoms with Gasteiger partial charge in [0.2, 0.25) is 0 Å². The second-order valence-electron chi connectivity index (χ2n) is 6.21. The lowest BCUT2D eigenvalue weighted by Gasteiger charge is -2.07. The van der Waals surface area contributed by atoms with E-state index >= 15 is 0 Å². The zero-order chi connectivity index (χ0) is 19.9. The second-order valence-corrected chi connectivity index (χ2v) is 8.49. The number of hydrogen-bond donors (Lipinski definition) is 2. The number of sulfone groups is 1. The predicted octanol–water partition coefficient (Wildman–Crippen LogP) is 2.22. The van der Waals surface area contributed by atoms with Crippen LogP contribution in [0.5, 0.6) is 0 Å². The van der Waals surface area contributed by atoms with Gasteiger partial charge in [0.15, 0.2) is 9.84 Å². The number of aromatic nitrogens is 2. The molecule has 8 heteroatoms. The number of nitrogens with one attached hydrogen (secondary N) is 2. The molecule has 2 aromatic heterocycles. The lowest BCUT2D eigenvalue weighted by molar-refractivity contribution is 0.0950. The van der Waals surface area contributed by atoms with Crippen LogP contribution in [0.25, 0.3) is 0 Å². The number of carbonyl (C=O) groups excluding carboxylic acids is 1. The van der Waals surface area contributed by atoms with E-state index in [-0.39, 0.29) is 23.1 Å². The maximum atomic E-state index is 12.2. The summed E-state index contributed by atoms with van der Waals surface area (Å²) < 4.78 is 23.5. The van der Waals surface area contributed by atoms with Crippen molar-refractivity contribution in [3.05, 3.63) is 53.1 Å². The molecule has 0 spiro atoms. The van der Waals surface area contributed by atoms with Crippen LogP contribution < -0.4 is 10.6 Å². The Balaban J connectivity index is 0.000000817. The largest absolute Gasteiger partial charge is 0.346 e. The first-order valence-electron chi connectivity index (χ1n) is 9.05. The summed E-state index contributed by atoms with van der Waals surface area (Å²) >= 11 is 0. The average Bonchev–Trinajstić information content (AvgIpc) is 3.15. The summed E-state index contributed by atoms with van der Waals surface area (Å²) in [6.07, 6.45) is 4.13. The molecule has 3 heterocycles. The van der Waals surface area contributed by atoms with Gasteiger partial charge in [0.05, 0.1) is 34.1 Å². The number of hydrogen-bond acceptors (Lipinski definition) is 6. The molecule has 0 fully saturated rings. The highest BCUT2D eigenvalue weighted by atomic mass is 32.2. The van der Waals surface area contributed by atoms with Gasteiger partial charge in [-0.1, -0.05) is 27.2 Å². The van der Waals surface area contributed by atoms with Crippen molar-refractivity contribution in [3.63, 3.8) is 0 Å². The van der Waals surface area contributed by atoms with Crippen LogP contribution >= 0.6 is 0 Å². The zero-order valence-electron chi connectivity index (χ0n) is 15.9. The molecule has 3 rings (SSSR count). The molecule has 0 atom stereocenters. The highest BCUT2D eigenvalue weighted by Gasteiger charge is 2.15. The summed E-state index contributed by atoms with van der Waals surface area (Å²) in [6, 6.07) is 4.95. The van der Waals surface area contributed by atoms with Crippen LogP contribution in [0.15, 0.2) is 35.5 Å². The Morgan fingerprint density at radius 1 is 1.15 bits per heavy atom. The molecule has 1 aliphatic heterocycles. The van der Waals surface area contributed by atoms with Gasteiger partial charge in [0, 0.05) is 25.5 Å². The molecule has 2 N–H and O–H groups in total. The number of fused-ring (bicyclic) bond motifs is 1. The minimum atomic E-state index is -3.26.